The number of rotatable bonds is 1. The van der Waals surface area contributed by atoms with E-state index in [1.807, 2.05) is 6.07 Å². The van der Waals surface area contributed by atoms with E-state index in [2.05, 4.69) is 35.2 Å². The smallest absolute Gasteiger partial charge is 0.0992 e. The average Bonchev–Trinajstić information content (AvgIpc) is 2.82. The predicted octanol–water partition coefficient (Wildman–Crippen LogP) is 2.66. The van der Waals surface area contributed by atoms with Crippen LogP contribution in [0.5, 0.6) is 0 Å². The number of hydrogen-bond acceptors (Lipinski definition) is 3. The molecule has 0 amide bonds. The normalized spacial score (nSPS) is 13.2. The maximum atomic E-state index is 8.96. The first-order valence-electron chi connectivity index (χ1n) is 5.89. The summed E-state index contributed by atoms with van der Waals surface area (Å²) in [5.41, 5.74) is 11.0. The van der Waals surface area contributed by atoms with Gasteiger partial charge in [0, 0.05) is 13.1 Å². The van der Waals surface area contributed by atoms with Crippen molar-refractivity contribution in [3.8, 4) is 6.07 Å². The van der Waals surface area contributed by atoms with Crippen molar-refractivity contribution in [1.82, 2.24) is 0 Å². The Hall–Kier alpha value is -2.47. The molecule has 0 radical (unpaired) electrons. The zero-order valence-corrected chi connectivity index (χ0v) is 9.93. The molecule has 18 heavy (non-hydrogen) atoms. The van der Waals surface area contributed by atoms with Gasteiger partial charge in [-0.1, -0.05) is 24.3 Å². The highest BCUT2D eigenvalue weighted by Crippen LogP contribution is 2.32. The van der Waals surface area contributed by atoms with E-state index in [0.29, 0.717) is 5.56 Å². The maximum absolute atomic E-state index is 8.96. The molecule has 88 valence electrons. The Kier molecular flexibility index (Phi) is 2.42. The number of nitrogens with two attached hydrogens (primary N) is 1. The molecule has 0 unspecified atom stereocenters. The van der Waals surface area contributed by atoms with Crippen LogP contribution >= 0.6 is 0 Å². The van der Waals surface area contributed by atoms with E-state index in [1.165, 1.54) is 11.1 Å². The molecule has 2 N–H and O–H groups in total. The van der Waals surface area contributed by atoms with Crippen LogP contribution in [-0.2, 0) is 13.1 Å². The highest BCUT2D eigenvalue weighted by molar-refractivity contribution is 5.70. The highest BCUT2D eigenvalue weighted by Gasteiger charge is 2.20. The van der Waals surface area contributed by atoms with Crippen LogP contribution in [0.2, 0.25) is 0 Å². The molecule has 1 aliphatic heterocycles. The number of anilines is 2. The second kappa shape index (κ2) is 4.08. The lowest BCUT2D eigenvalue weighted by atomic mass is 10.1. The number of nitriles is 1. The van der Waals surface area contributed by atoms with Crippen LogP contribution in [0.4, 0.5) is 11.4 Å². The van der Waals surface area contributed by atoms with Crippen molar-refractivity contribution >= 4 is 11.4 Å². The number of benzene rings is 2. The van der Waals surface area contributed by atoms with Gasteiger partial charge in [-0.15, -0.1) is 0 Å². The van der Waals surface area contributed by atoms with E-state index in [1.54, 1.807) is 12.1 Å². The quantitative estimate of drug-likeness (QED) is 0.773. The number of hydrogen-bond donors (Lipinski definition) is 1. The summed E-state index contributed by atoms with van der Waals surface area (Å²) in [6.45, 7) is 1.71. The Morgan fingerprint density at radius 3 is 2.33 bits per heavy atom. The van der Waals surface area contributed by atoms with Gasteiger partial charge in [0.2, 0.25) is 0 Å². The monoisotopic (exact) mass is 235 g/mol. The van der Waals surface area contributed by atoms with Crippen LogP contribution in [0.1, 0.15) is 16.7 Å². The molecule has 3 nitrogen and oxygen atoms in total. The molecule has 0 bridgehead atoms. The molecule has 2 aromatic carbocycles. The summed E-state index contributed by atoms with van der Waals surface area (Å²) in [6.07, 6.45) is 0. The Balaban J connectivity index is 1.97. The fourth-order valence-corrected chi connectivity index (χ4v) is 2.39. The van der Waals surface area contributed by atoms with Crippen LogP contribution in [0, 0.1) is 11.3 Å². The molecule has 1 heterocycles. The van der Waals surface area contributed by atoms with Gasteiger partial charge in [-0.05, 0) is 29.3 Å². The van der Waals surface area contributed by atoms with Gasteiger partial charge in [0.05, 0.1) is 23.0 Å². The van der Waals surface area contributed by atoms with Gasteiger partial charge in [-0.2, -0.15) is 5.26 Å². The third kappa shape index (κ3) is 1.68. The molecule has 0 fully saturated rings. The SMILES string of the molecule is N#Cc1ccc(N)c(N2Cc3ccccc3C2)c1. The summed E-state index contributed by atoms with van der Waals surface area (Å²) in [4.78, 5) is 2.21. The van der Waals surface area contributed by atoms with E-state index in [-0.39, 0.29) is 0 Å². The molecule has 0 saturated heterocycles. The second-order valence-corrected chi connectivity index (χ2v) is 4.51. The first kappa shape index (κ1) is 10.7. The number of nitrogens with zero attached hydrogens (tertiary/aromatic N) is 2. The van der Waals surface area contributed by atoms with Crippen LogP contribution in [0.15, 0.2) is 42.5 Å². The Morgan fingerprint density at radius 2 is 1.72 bits per heavy atom. The van der Waals surface area contributed by atoms with Crippen molar-refractivity contribution in [2.75, 3.05) is 10.6 Å². The molecule has 3 rings (SSSR count). The molecule has 3 heteroatoms. The minimum Gasteiger partial charge on any atom is -0.397 e. The van der Waals surface area contributed by atoms with Crippen LogP contribution in [-0.4, -0.2) is 0 Å². The minimum absolute atomic E-state index is 0.648. The molecule has 0 saturated carbocycles. The van der Waals surface area contributed by atoms with E-state index in [9.17, 15) is 0 Å². The summed E-state index contributed by atoms with van der Waals surface area (Å²) in [6, 6.07) is 16.0. The molecular weight excluding hydrogens is 222 g/mol. The largest absolute Gasteiger partial charge is 0.397 e. The van der Waals surface area contributed by atoms with E-state index in [0.717, 1.165) is 24.5 Å². The van der Waals surface area contributed by atoms with Crippen molar-refractivity contribution in [2.45, 2.75) is 13.1 Å². The van der Waals surface area contributed by atoms with Crippen molar-refractivity contribution in [3.05, 3.63) is 59.2 Å². The minimum atomic E-state index is 0.648. The van der Waals surface area contributed by atoms with Gasteiger partial charge in [-0.25, -0.2) is 0 Å². The standard InChI is InChI=1S/C15H13N3/c16-8-11-5-6-14(17)15(7-11)18-9-12-3-1-2-4-13(12)10-18/h1-7H,9-10,17H2. The third-order valence-electron chi connectivity index (χ3n) is 3.34. The summed E-state index contributed by atoms with van der Waals surface area (Å²) >= 11 is 0. The van der Waals surface area contributed by atoms with Gasteiger partial charge in [-0.3, -0.25) is 0 Å². The van der Waals surface area contributed by atoms with Crippen LogP contribution < -0.4 is 10.6 Å². The summed E-state index contributed by atoms with van der Waals surface area (Å²) in [7, 11) is 0. The molecule has 0 aliphatic carbocycles. The zero-order valence-electron chi connectivity index (χ0n) is 9.93. The summed E-state index contributed by atoms with van der Waals surface area (Å²) in [5, 5.41) is 8.96. The van der Waals surface area contributed by atoms with Crippen LogP contribution in [0.25, 0.3) is 0 Å². The fraction of sp³-hybridized carbons (Fsp3) is 0.133. The topological polar surface area (TPSA) is 53.1 Å². The van der Waals surface area contributed by atoms with Crippen molar-refractivity contribution < 1.29 is 0 Å². The lowest BCUT2D eigenvalue weighted by molar-refractivity contribution is 0.882. The van der Waals surface area contributed by atoms with Crippen LogP contribution in [0.3, 0.4) is 0 Å². The van der Waals surface area contributed by atoms with E-state index in [4.69, 9.17) is 11.0 Å². The molecule has 2 aromatic rings. The lowest BCUT2D eigenvalue weighted by Gasteiger charge is -2.20. The molecule has 0 aromatic heterocycles. The van der Waals surface area contributed by atoms with E-state index < -0.39 is 0 Å². The molecule has 0 spiro atoms. The Morgan fingerprint density at radius 1 is 1.06 bits per heavy atom. The van der Waals surface area contributed by atoms with Crippen molar-refractivity contribution in [2.24, 2.45) is 0 Å². The Labute approximate surface area is 106 Å². The number of fused-ring (bicyclic) bond motifs is 1. The van der Waals surface area contributed by atoms with Gasteiger partial charge >= 0.3 is 0 Å². The molecule has 1 aliphatic rings. The number of nitrogen functional groups attached to an aromatic ring is 1. The van der Waals surface area contributed by atoms with Gasteiger partial charge in [0.15, 0.2) is 0 Å². The second-order valence-electron chi connectivity index (χ2n) is 4.51. The summed E-state index contributed by atoms with van der Waals surface area (Å²) in [5.74, 6) is 0. The molecule has 0 atom stereocenters. The highest BCUT2D eigenvalue weighted by atomic mass is 15.2. The average molecular weight is 235 g/mol. The maximum Gasteiger partial charge on any atom is 0.0992 e. The van der Waals surface area contributed by atoms with Gasteiger partial charge in [0.1, 0.15) is 0 Å². The predicted molar refractivity (Wildman–Crippen MR) is 71.9 cm³/mol. The van der Waals surface area contributed by atoms with Crippen molar-refractivity contribution in [1.29, 1.82) is 5.26 Å². The van der Waals surface area contributed by atoms with Gasteiger partial charge < -0.3 is 10.6 Å². The lowest BCUT2D eigenvalue weighted by Crippen LogP contribution is -2.16. The first-order chi connectivity index (χ1) is 8.78. The van der Waals surface area contributed by atoms with E-state index >= 15 is 0 Å². The van der Waals surface area contributed by atoms with Crippen molar-refractivity contribution in [3.63, 3.8) is 0 Å². The van der Waals surface area contributed by atoms with Gasteiger partial charge in [0.25, 0.3) is 0 Å². The summed E-state index contributed by atoms with van der Waals surface area (Å²) < 4.78 is 0. The third-order valence-corrected chi connectivity index (χ3v) is 3.34. The fourth-order valence-electron chi connectivity index (χ4n) is 2.39. The Bertz CT molecular complexity index is 615. The first-order valence-corrected chi connectivity index (χ1v) is 5.89. The molecular formula is C15H13N3. The zero-order chi connectivity index (χ0) is 12.5.